The molecular weight excluding hydrogens is 410 g/mol. The first-order valence-corrected chi connectivity index (χ1v) is 9.90. The Morgan fingerprint density at radius 1 is 1.00 bits per heavy atom. The van der Waals surface area contributed by atoms with Gasteiger partial charge in [-0.15, -0.1) is 12.4 Å². The highest BCUT2D eigenvalue weighted by atomic mass is 35.5. The van der Waals surface area contributed by atoms with Crippen LogP contribution in [0.3, 0.4) is 0 Å². The third kappa shape index (κ3) is 5.18. The molecule has 8 heteroatoms. The molecule has 6 nitrogen and oxygen atoms in total. The van der Waals surface area contributed by atoms with Crippen molar-refractivity contribution in [3.63, 3.8) is 0 Å². The van der Waals surface area contributed by atoms with Gasteiger partial charge in [0.25, 0.3) is 5.91 Å². The number of aromatic nitrogens is 1. The third-order valence-corrected chi connectivity index (χ3v) is 5.43. The quantitative estimate of drug-likeness (QED) is 0.527. The molecule has 1 aromatic heterocycles. The van der Waals surface area contributed by atoms with Gasteiger partial charge < -0.3 is 14.4 Å². The highest BCUT2D eigenvalue weighted by molar-refractivity contribution is 7.22. The Morgan fingerprint density at radius 3 is 2.38 bits per heavy atom. The maximum absolute atomic E-state index is 13.4. The van der Waals surface area contributed by atoms with E-state index < -0.39 is 0 Å². The van der Waals surface area contributed by atoms with Crippen molar-refractivity contribution >= 4 is 45.0 Å². The lowest BCUT2D eigenvalue weighted by Gasteiger charge is -2.22. The molecule has 3 rings (SSSR count). The van der Waals surface area contributed by atoms with Crippen molar-refractivity contribution in [3.8, 4) is 11.5 Å². The fourth-order valence-corrected chi connectivity index (χ4v) is 4.00. The SMILES string of the molecule is COc1ccccc1C(=O)N(CCCN(C)C)c1nc2c(OC)cccc2s1.Cl. The van der Waals surface area contributed by atoms with Crippen molar-refractivity contribution in [3.05, 3.63) is 48.0 Å². The van der Waals surface area contributed by atoms with Gasteiger partial charge in [-0.05, 0) is 51.3 Å². The fourth-order valence-electron chi connectivity index (χ4n) is 2.99. The third-order valence-electron chi connectivity index (χ3n) is 4.39. The van der Waals surface area contributed by atoms with E-state index in [4.69, 9.17) is 14.5 Å². The molecule has 0 saturated carbocycles. The standard InChI is InChI=1S/C21H25N3O3S.ClH/c1-23(2)13-8-14-24(20(25)15-9-5-6-10-16(15)26-3)21-22-19-17(27-4)11-7-12-18(19)28-21;/h5-7,9-12H,8,13-14H2,1-4H3;1H. The molecule has 0 unspecified atom stereocenters. The van der Waals surface area contributed by atoms with Crippen LogP contribution < -0.4 is 14.4 Å². The van der Waals surface area contributed by atoms with E-state index in [0.29, 0.717) is 28.7 Å². The number of nitrogens with zero attached hydrogens (tertiary/aromatic N) is 3. The summed E-state index contributed by atoms with van der Waals surface area (Å²) in [7, 11) is 7.25. The Hall–Kier alpha value is -2.35. The average molecular weight is 436 g/mol. The Bertz CT molecular complexity index is 961. The first kappa shape index (κ1) is 22.9. The van der Waals surface area contributed by atoms with Gasteiger partial charge in [0.2, 0.25) is 0 Å². The number of para-hydroxylation sites is 2. The molecule has 0 radical (unpaired) electrons. The zero-order valence-electron chi connectivity index (χ0n) is 17.0. The number of halogens is 1. The normalized spacial score (nSPS) is 10.7. The summed E-state index contributed by atoms with van der Waals surface area (Å²) in [5.74, 6) is 1.15. The van der Waals surface area contributed by atoms with Crippen LogP contribution in [0.15, 0.2) is 42.5 Å². The van der Waals surface area contributed by atoms with Crippen LogP contribution in [0, 0.1) is 0 Å². The number of methoxy groups -OCH3 is 2. The number of benzene rings is 2. The zero-order chi connectivity index (χ0) is 20.1. The summed E-state index contributed by atoms with van der Waals surface area (Å²) in [6.45, 7) is 1.45. The number of hydrogen-bond donors (Lipinski definition) is 0. The smallest absolute Gasteiger partial charge is 0.263 e. The highest BCUT2D eigenvalue weighted by Gasteiger charge is 2.24. The van der Waals surface area contributed by atoms with E-state index >= 15 is 0 Å². The zero-order valence-corrected chi connectivity index (χ0v) is 18.7. The highest BCUT2D eigenvalue weighted by Crippen LogP contribution is 2.35. The Kier molecular flexibility index (Phi) is 8.25. The van der Waals surface area contributed by atoms with Gasteiger partial charge in [0.05, 0.1) is 24.5 Å². The summed E-state index contributed by atoms with van der Waals surface area (Å²) in [5.41, 5.74) is 1.30. The monoisotopic (exact) mass is 435 g/mol. The minimum Gasteiger partial charge on any atom is -0.496 e. The van der Waals surface area contributed by atoms with Crippen LogP contribution in [0.1, 0.15) is 16.8 Å². The average Bonchev–Trinajstić information content (AvgIpc) is 3.14. The van der Waals surface area contributed by atoms with Gasteiger partial charge in [0.1, 0.15) is 17.0 Å². The lowest BCUT2D eigenvalue weighted by atomic mass is 10.1. The van der Waals surface area contributed by atoms with Crippen LogP contribution in [0.2, 0.25) is 0 Å². The number of ether oxygens (including phenoxy) is 2. The Labute approximate surface area is 181 Å². The molecule has 0 bridgehead atoms. The van der Waals surface area contributed by atoms with Crippen molar-refractivity contribution in [1.82, 2.24) is 9.88 Å². The molecule has 0 aliphatic rings. The van der Waals surface area contributed by atoms with Crippen molar-refractivity contribution in [1.29, 1.82) is 0 Å². The van der Waals surface area contributed by atoms with Gasteiger partial charge in [-0.25, -0.2) is 4.98 Å². The van der Waals surface area contributed by atoms with E-state index in [1.807, 2.05) is 44.4 Å². The number of thiazole rings is 1. The summed E-state index contributed by atoms with van der Waals surface area (Å²) in [4.78, 5) is 22.0. The van der Waals surface area contributed by atoms with Gasteiger partial charge in [-0.1, -0.05) is 29.5 Å². The van der Waals surface area contributed by atoms with Crippen molar-refractivity contribution in [2.24, 2.45) is 0 Å². The second kappa shape index (κ2) is 10.4. The molecule has 156 valence electrons. The molecule has 0 atom stereocenters. The van der Waals surface area contributed by atoms with E-state index in [-0.39, 0.29) is 18.3 Å². The van der Waals surface area contributed by atoms with Crippen molar-refractivity contribution < 1.29 is 14.3 Å². The number of carbonyl (C=O) groups excluding carboxylic acids is 1. The lowest BCUT2D eigenvalue weighted by Crippen LogP contribution is -2.33. The maximum atomic E-state index is 13.4. The van der Waals surface area contributed by atoms with Crippen LogP contribution in [0.5, 0.6) is 11.5 Å². The predicted octanol–water partition coefficient (Wildman–Crippen LogP) is 4.33. The number of hydrogen-bond acceptors (Lipinski definition) is 6. The molecule has 3 aromatic rings. The lowest BCUT2D eigenvalue weighted by molar-refractivity contribution is 0.0983. The van der Waals surface area contributed by atoms with Crippen LogP contribution in [0.4, 0.5) is 5.13 Å². The van der Waals surface area contributed by atoms with E-state index in [1.165, 1.54) is 11.3 Å². The number of amides is 1. The van der Waals surface area contributed by atoms with Crippen molar-refractivity contribution in [2.75, 3.05) is 46.3 Å². The number of rotatable bonds is 8. The molecule has 1 heterocycles. The van der Waals surface area contributed by atoms with Crippen LogP contribution in [-0.2, 0) is 0 Å². The molecule has 2 aromatic carbocycles. The van der Waals surface area contributed by atoms with Crippen LogP contribution in [-0.4, -0.2) is 57.2 Å². The molecule has 0 spiro atoms. The molecule has 0 fully saturated rings. The van der Waals surface area contributed by atoms with Gasteiger partial charge in [0.15, 0.2) is 5.13 Å². The van der Waals surface area contributed by atoms with Crippen LogP contribution in [0.25, 0.3) is 10.2 Å². The number of anilines is 1. The first-order valence-electron chi connectivity index (χ1n) is 9.08. The summed E-state index contributed by atoms with van der Waals surface area (Å²) in [6.07, 6.45) is 0.834. The summed E-state index contributed by atoms with van der Waals surface area (Å²) < 4.78 is 11.8. The molecule has 0 N–H and O–H groups in total. The number of fused-ring (bicyclic) bond motifs is 1. The second-order valence-electron chi connectivity index (χ2n) is 6.62. The Morgan fingerprint density at radius 2 is 1.69 bits per heavy atom. The van der Waals surface area contributed by atoms with Crippen molar-refractivity contribution in [2.45, 2.75) is 6.42 Å². The van der Waals surface area contributed by atoms with Gasteiger partial charge >= 0.3 is 0 Å². The van der Waals surface area contributed by atoms with E-state index in [1.54, 1.807) is 31.3 Å². The minimum atomic E-state index is -0.116. The minimum absolute atomic E-state index is 0. The maximum Gasteiger partial charge on any atom is 0.263 e. The van der Waals surface area contributed by atoms with E-state index in [0.717, 1.165) is 23.2 Å². The van der Waals surface area contributed by atoms with E-state index in [9.17, 15) is 4.79 Å². The molecular formula is C21H26ClN3O3S. The number of carbonyl (C=O) groups is 1. The predicted molar refractivity (Wildman–Crippen MR) is 121 cm³/mol. The summed E-state index contributed by atoms with van der Waals surface area (Å²) in [6, 6.07) is 13.1. The molecule has 0 aliphatic heterocycles. The summed E-state index contributed by atoms with van der Waals surface area (Å²) >= 11 is 1.49. The van der Waals surface area contributed by atoms with Gasteiger partial charge in [-0.3, -0.25) is 9.69 Å². The molecule has 29 heavy (non-hydrogen) atoms. The van der Waals surface area contributed by atoms with Gasteiger partial charge in [-0.2, -0.15) is 0 Å². The topological polar surface area (TPSA) is 54.9 Å². The largest absolute Gasteiger partial charge is 0.496 e. The van der Waals surface area contributed by atoms with E-state index in [2.05, 4.69) is 4.90 Å². The molecule has 0 saturated heterocycles. The Balaban J connectivity index is 0.00000300. The fraction of sp³-hybridized carbons (Fsp3) is 0.333. The van der Waals surface area contributed by atoms with Crippen LogP contribution >= 0.6 is 23.7 Å². The first-order chi connectivity index (χ1) is 13.5. The molecule has 1 amide bonds. The van der Waals surface area contributed by atoms with Gasteiger partial charge in [0, 0.05) is 6.54 Å². The summed E-state index contributed by atoms with van der Waals surface area (Å²) in [5, 5.41) is 0.661. The molecule has 0 aliphatic carbocycles. The second-order valence-corrected chi connectivity index (χ2v) is 7.63.